The van der Waals surface area contributed by atoms with Crippen LogP contribution < -0.4 is 0 Å². The average Bonchev–Trinajstić information content (AvgIpc) is 2.96. The van der Waals surface area contributed by atoms with Crippen molar-refractivity contribution in [2.45, 2.75) is 6.42 Å². The molecule has 0 aliphatic heterocycles. The van der Waals surface area contributed by atoms with E-state index < -0.39 is 0 Å². The lowest BCUT2D eigenvalue weighted by molar-refractivity contribution is 1.02. The summed E-state index contributed by atoms with van der Waals surface area (Å²) in [6.07, 6.45) is 5.60. The van der Waals surface area contributed by atoms with E-state index in [0.29, 0.717) is 6.42 Å². The highest BCUT2D eigenvalue weighted by Crippen LogP contribution is 2.34. The standard InChI is InChI=1S/C13H9N2S2/c1-2-4-12-14-7-9-10(8-17-13(9)15-12)11-5-3-6-16-11/h2-3,5-6,8H,1,4H2. The second-order valence-electron chi connectivity index (χ2n) is 3.55. The van der Waals surface area contributed by atoms with Gasteiger partial charge < -0.3 is 0 Å². The number of hydrogen-bond acceptors (Lipinski definition) is 4. The maximum Gasteiger partial charge on any atom is 0.134 e. The van der Waals surface area contributed by atoms with Gasteiger partial charge in [-0.15, -0.1) is 29.3 Å². The molecule has 0 amide bonds. The van der Waals surface area contributed by atoms with Crippen LogP contribution in [0.5, 0.6) is 0 Å². The maximum atomic E-state index is 4.51. The predicted octanol–water partition coefficient (Wildman–Crippen LogP) is 3.95. The van der Waals surface area contributed by atoms with E-state index in [2.05, 4.69) is 45.6 Å². The van der Waals surface area contributed by atoms with Crippen molar-refractivity contribution in [2.75, 3.05) is 0 Å². The molecule has 0 N–H and O–H groups in total. The largest absolute Gasteiger partial charge is 0.230 e. The van der Waals surface area contributed by atoms with Gasteiger partial charge in [0.25, 0.3) is 0 Å². The average molecular weight is 257 g/mol. The molecule has 4 heteroatoms. The highest BCUT2D eigenvalue weighted by atomic mass is 32.1. The molecule has 83 valence electrons. The minimum atomic E-state index is 0.693. The molecule has 0 aliphatic carbocycles. The Bertz CT molecular complexity index is 653. The lowest BCUT2D eigenvalue weighted by Crippen LogP contribution is -1.91. The van der Waals surface area contributed by atoms with Crippen LogP contribution in [0.2, 0.25) is 0 Å². The van der Waals surface area contributed by atoms with Crippen LogP contribution in [0.4, 0.5) is 0 Å². The van der Waals surface area contributed by atoms with E-state index in [1.165, 1.54) is 10.4 Å². The molecule has 17 heavy (non-hydrogen) atoms. The Labute approximate surface area is 107 Å². The monoisotopic (exact) mass is 257 g/mol. The Hall–Kier alpha value is -1.52. The molecule has 0 aromatic carbocycles. The minimum absolute atomic E-state index is 0.693. The maximum absolute atomic E-state index is 4.51. The number of rotatable bonds is 3. The van der Waals surface area contributed by atoms with Gasteiger partial charge in [0.15, 0.2) is 0 Å². The van der Waals surface area contributed by atoms with Crippen molar-refractivity contribution >= 4 is 32.9 Å². The van der Waals surface area contributed by atoms with Gasteiger partial charge in [-0.25, -0.2) is 9.97 Å². The van der Waals surface area contributed by atoms with Crippen LogP contribution >= 0.6 is 22.7 Å². The summed E-state index contributed by atoms with van der Waals surface area (Å²) in [6, 6.07) is 4.16. The van der Waals surface area contributed by atoms with E-state index in [-0.39, 0.29) is 0 Å². The zero-order chi connectivity index (χ0) is 11.7. The molecule has 0 saturated carbocycles. The molecule has 0 spiro atoms. The van der Waals surface area contributed by atoms with Crippen molar-refractivity contribution in [3.63, 3.8) is 0 Å². The van der Waals surface area contributed by atoms with Gasteiger partial charge in [-0.3, -0.25) is 0 Å². The number of allylic oxidation sites excluding steroid dienone is 1. The number of fused-ring (bicyclic) bond motifs is 1. The first-order valence-electron chi connectivity index (χ1n) is 5.19. The van der Waals surface area contributed by atoms with Crippen LogP contribution in [0.15, 0.2) is 35.5 Å². The first-order valence-corrected chi connectivity index (χ1v) is 6.95. The Morgan fingerprint density at radius 2 is 2.35 bits per heavy atom. The number of thiophene rings is 2. The zero-order valence-electron chi connectivity index (χ0n) is 9.01. The SMILES string of the molecule is C=CCc1n[c]c2c(-c3cccs3)csc2n1. The van der Waals surface area contributed by atoms with Crippen LogP contribution in [0.25, 0.3) is 20.7 Å². The van der Waals surface area contributed by atoms with Gasteiger partial charge >= 0.3 is 0 Å². The molecule has 0 atom stereocenters. The topological polar surface area (TPSA) is 25.8 Å². The zero-order valence-corrected chi connectivity index (χ0v) is 10.6. The van der Waals surface area contributed by atoms with Gasteiger partial charge in [-0.2, -0.15) is 0 Å². The Balaban J connectivity index is 2.14. The van der Waals surface area contributed by atoms with Gasteiger partial charge in [0.1, 0.15) is 16.9 Å². The predicted molar refractivity (Wildman–Crippen MR) is 73.5 cm³/mol. The van der Waals surface area contributed by atoms with E-state index >= 15 is 0 Å². The van der Waals surface area contributed by atoms with Crippen LogP contribution in [-0.2, 0) is 6.42 Å². The third kappa shape index (κ3) is 1.90. The summed E-state index contributed by atoms with van der Waals surface area (Å²) in [7, 11) is 0. The van der Waals surface area contributed by atoms with Crippen LogP contribution in [-0.4, -0.2) is 9.97 Å². The molecule has 0 aliphatic rings. The highest BCUT2D eigenvalue weighted by molar-refractivity contribution is 7.18. The summed E-state index contributed by atoms with van der Waals surface area (Å²) in [6.45, 7) is 3.69. The van der Waals surface area contributed by atoms with E-state index in [1.807, 2.05) is 6.08 Å². The smallest absolute Gasteiger partial charge is 0.134 e. The van der Waals surface area contributed by atoms with Crippen molar-refractivity contribution in [1.29, 1.82) is 0 Å². The van der Waals surface area contributed by atoms with E-state index in [1.54, 1.807) is 22.7 Å². The second-order valence-corrected chi connectivity index (χ2v) is 5.36. The Morgan fingerprint density at radius 1 is 1.41 bits per heavy atom. The number of nitrogens with zero attached hydrogens (tertiary/aromatic N) is 2. The van der Waals surface area contributed by atoms with Gasteiger partial charge in [-0.1, -0.05) is 12.1 Å². The van der Waals surface area contributed by atoms with E-state index in [4.69, 9.17) is 0 Å². The number of hydrogen-bond donors (Lipinski definition) is 0. The van der Waals surface area contributed by atoms with E-state index in [0.717, 1.165) is 16.0 Å². The Kier molecular flexibility index (Phi) is 2.74. The Morgan fingerprint density at radius 3 is 3.12 bits per heavy atom. The summed E-state index contributed by atoms with van der Waals surface area (Å²) in [4.78, 5) is 11.0. The highest BCUT2D eigenvalue weighted by Gasteiger charge is 2.09. The lowest BCUT2D eigenvalue weighted by Gasteiger charge is -1.96. The fraction of sp³-hybridized carbons (Fsp3) is 0.0769. The molecule has 3 aromatic heterocycles. The molecule has 0 unspecified atom stereocenters. The van der Waals surface area contributed by atoms with Crippen molar-refractivity contribution in [3.05, 3.63) is 47.6 Å². The molecular weight excluding hydrogens is 248 g/mol. The van der Waals surface area contributed by atoms with Crippen LogP contribution in [0.1, 0.15) is 5.82 Å². The molecule has 3 rings (SSSR count). The third-order valence-corrected chi connectivity index (χ3v) is 4.19. The fourth-order valence-corrected chi connectivity index (χ4v) is 3.36. The molecule has 1 radical (unpaired) electrons. The quantitative estimate of drug-likeness (QED) is 0.664. The van der Waals surface area contributed by atoms with Gasteiger partial charge in [0.05, 0.1) is 0 Å². The molecule has 3 aromatic rings. The minimum Gasteiger partial charge on any atom is -0.230 e. The van der Waals surface area contributed by atoms with E-state index in [9.17, 15) is 0 Å². The first kappa shape index (κ1) is 10.6. The molecule has 0 fully saturated rings. The van der Waals surface area contributed by atoms with Crippen LogP contribution in [0.3, 0.4) is 0 Å². The lowest BCUT2D eigenvalue weighted by atomic mass is 10.2. The molecule has 0 bridgehead atoms. The van der Waals surface area contributed by atoms with Crippen LogP contribution in [0, 0.1) is 6.20 Å². The molecule has 3 heterocycles. The van der Waals surface area contributed by atoms with Crippen molar-refractivity contribution < 1.29 is 0 Å². The summed E-state index contributed by atoms with van der Waals surface area (Å²) in [5.41, 5.74) is 1.19. The third-order valence-electron chi connectivity index (χ3n) is 2.41. The molecule has 2 nitrogen and oxygen atoms in total. The summed E-state index contributed by atoms with van der Waals surface area (Å²) >= 11 is 3.37. The van der Waals surface area contributed by atoms with Crippen molar-refractivity contribution in [1.82, 2.24) is 9.97 Å². The fourth-order valence-electron chi connectivity index (χ4n) is 1.63. The number of aromatic nitrogens is 2. The molecular formula is C13H9N2S2. The van der Waals surface area contributed by atoms with Gasteiger partial charge in [-0.05, 0) is 11.4 Å². The van der Waals surface area contributed by atoms with Crippen molar-refractivity contribution in [3.8, 4) is 10.4 Å². The molecule has 0 saturated heterocycles. The first-order chi connectivity index (χ1) is 8.38. The normalized spacial score (nSPS) is 10.8. The second kappa shape index (κ2) is 4.39. The summed E-state index contributed by atoms with van der Waals surface area (Å²) < 4.78 is 0. The van der Waals surface area contributed by atoms with Crippen molar-refractivity contribution in [2.24, 2.45) is 0 Å². The van der Waals surface area contributed by atoms with Gasteiger partial charge in [0.2, 0.25) is 0 Å². The summed E-state index contributed by atoms with van der Waals surface area (Å²) in [5, 5.41) is 5.22. The van der Waals surface area contributed by atoms with Gasteiger partial charge in [0, 0.05) is 27.6 Å². The summed E-state index contributed by atoms with van der Waals surface area (Å²) in [5.74, 6) is 0.784.